The number of hydrogen-bond donors (Lipinski definition) is 2. The maximum atomic E-state index is 12.7. The molecule has 0 aliphatic carbocycles. The predicted molar refractivity (Wildman–Crippen MR) is 101 cm³/mol. The average Bonchev–Trinajstić information content (AvgIpc) is 3.04. The van der Waals surface area contributed by atoms with Gasteiger partial charge >= 0.3 is 5.97 Å². The number of thiazole rings is 1. The van der Waals surface area contributed by atoms with Crippen molar-refractivity contribution >= 4 is 34.3 Å². The SMILES string of the molecule is COc1ccc(C(=O)N(CC(=O)Nc2nc(CC(=O)O)cs2)C(C)C)cc1. The van der Waals surface area contributed by atoms with Crippen molar-refractivity contribution in [1.29, 1.82) is 0 Å². The van der Waals surface area contributed by atoms with Crippen molar-refractivity contribution in [2.24, 2.45) is 0 Å². The van der Waals surface area contributed by atoms with Gasteiger partial charge in [0.1, 0.15) is 12.3 Å². The standard InChI is InChI=1S/C18H21N3O5S/c1-11(2)21(17(25)12-4-6-14(26-3)7-5-12)9-15(22)20-18-19-13(10-27-18)8-16(23)24/h4-7,10-11H,8-9H2,1-3H3,(H,23,24)(H,19,20,22). The normalized spacial score (nSPS) is 10.5. The van der Waals surface area contributed by atoms with Gasteiger partial charge in [-0.1, -0.05) is 0 Å². The molecule has 0 saturated heterocycles. The maximum absolute atomic E-state index is 12.7. The molecule has 27 heavy (non-hydrogen) atoms. The molecule has 9 heteroatoms. The minimum Gasteiger partial charge on any atom is -0.497 e. The Labute approximate surface area is 160 Å². The highest BCUT2D eigenvalue weighted by Crippen LogP contribution is 2.17. The number of carboxylic acids is 1. The molecule has 144 valence electrons. The van der Waals surface area contributed by atoms with Crippen LogP contribution in [0.3, 0.4) is 0 Å². The van der Waals surface area contributed by atoms with Crippen LogP contribution in [0, 0.1) is 0 Å². The Morgan fingerprint density at radius 1 is 1.26 bits per heavy atom. The fourth-order valence-electron chi connectivity index (χ4n) is 2.30. The number of carboxylic acid groups (broad SMARTS) is 1. The molecule has 0 atom stereocenters. The second kappa shape index (κ2) is 9.13. The number of ether oxygens (including phenoxy) is 1. The first-order chi connectivity index (χ1) is 12.8. The molecule has 2 aromatic rings. The van der Waals surface area contributed by atoms with Gasteiger partial charge in [0.25, 0.3) is 5.91 Å². The fraction of sp³-hybridized carbons (Fsp3) is 0.333. The molecule has 2 rings (SSSR count). The number of carbonyl (C=O) groups excluding carboxylic acids is 2. The number of benzene rings is 1. The summed E-state index contributed by atoms with van der Waals surface area (Å²) < 4.78 is 5.08. The van der Waals surface area contributed by atoms with E-state index in [1.807, 2.05) is 13.8 Å². The number of rotatable bonds is 8. The van der Waals surface area contributed by atoms with E-state index in [4.69, 9.17) is 9.84 Å². The largest absolute Gasteiger partial charge is 0.497 e. The molecule has 1 heterocycles. The molecular weight excluding hydrogens is 370 g/mol. The molecule has 8 nitrogen and oxygen atoms in total. The molecule has 0 bridgehead atoms. The van der Waals surface area contributed by atoms with Gasteiger partial charge in [-0.2, -0.15) is 0 Å². The number of aromatic nitrogens is 1. The van der Waals surface area contributed by atoms with Gasteiger partial charge in [0, 0.05) is 17.0 Å². The lowest BCUT2D eigenvalue weighted by Gasteiger charge is -2.26. The first-order valence-corrected chi connectivity index (χ1v) is 9.09. The van der Waals surface area contributed by atoms with Crippen molar-refractivity contribution in [3.8, 4) is 5.75 Å². The molecule has 1 aromatic heterocycles. The molecule has 0 spiro atoms. The summed E-state index contributed by atoms with van der Waals surface area (Å²) in [5.74, 6) is -1.02. The number of hydrogen-bond acceptors (Lipinski definition) is 6. The number of amides is 2. The van der Waals surface area contributed by atoms with Gasteiger partial charge in [-0.05, 0) is 38.1 Å². The van der Waals surface area contributed by atoms with Crippen molar-refractivity contribution < 1.29 is 24.2 Å². The second-order valence-electron chi connectivity index (χ2n) is 6.02. The summed E-state index contributed by atoms with van der Waals surface area (Å²) in [7, 11) is 1.54. The first kappa shape index (κ1) is 20.4. The van der Waals surface area contributed by atoms with E-state index in [-0.39, 0.29) is 24.9 Å². The van der Waals surface area contributed by atoms with Crippen LogP contribution < -0.4 is 10.1 Å². The summed E-state index contributed by atoms with van der Waals surface area (Å²) in [6.45, 7) is 3.50. The molecule has 2 amide bonds. The van der Waals surface area contributed by atoms with Gasteiger partial charge < -0.3 is 20.1 Å². The van der Waals surface area contributed by atoms with Gasteiger partial charge in [-0.25, -0.2) is 4.98 Å². The highest BCUT2D eigenvalue weighted by molar-refractivity contribution is 7.13. The Balaban J connectivity index is 2.03. The monoisotopic (exact) mass is 391 g/mol. The van der Waals surface area contributed by atoms with Crippen molar-refractivity contribution in [3.05, 3.63) is 40.9 Å². The van der Waals surface area contributed by atoms with E-state index in [1.54, 1.807) is 36.8 Å². The third-order valence-electron chi connectivity index (χ3n) is 3.67. The van der Waals surface area contributed by atoms with Crippen molar-refractivity contribution in [3.63, 3.8) is 0 Å². The summed E-state index contributed by atoms with van der Waals surface area (Å²) >= 11 is 1.14. The van der Waals surface area contributed by atoms with Crippen LogP contribution in [0.25, 0.3) is 0 Å². The lowest BCUT2D eigenvalue weighted by molar-refractivity contribution is -0.136. The predicted octanol–water partition coefficient (Wildman–Crippen LogP) is 2.27. The summed E-state index contributed by atoms with van der Waals surface area (Å²) in [5.41, 5.74) is 0.827. The van der Waals surface area contributed by atoms with E-state index in [0.717, 1.165) is 11.3 Å². The lowest BCUT2D eigenvalue weighted by atomic mass is 10.1. The molecular formula is C18H21N3O5S. The third kappa shape index (κ3) is 5.78. The number of methoxy groups -OCH3 is 1. The summed E-state index contributed by atoms with van der Waals surface area (Å²) in [6.07, 6.45) is -0.208. The second-order valence-corrected chi connectivity index (χ2v) is 6.88. The van der Waals surface area contributed by atoms with Gasteiger partial charge in [-0.15, -0.1) is 11.3 Å². The Kier molecular flexibility index (Phi) is 6.89. The Hall–Kier alpha value is -2.94. The Morgan fingerprint density at radius 2 is 1.93 bits per heavy atom. The van der Waals surface area contributed by atoms with Crippen LogP contribution in [0.1, 0.15) is 29.9 Å². The van der Waals surface area contributed by atoms with Crippen molar-refractivity contribution in [2.75, 3.05) is 19.0 Å². The van der Waals surface area contributed by atoms with Crippen LogP contribution in [0.2, 0.25) is 0 Å². The van der Waals surface area contributed by atoms with Crippen LogP contribution in [0.15, 0.2) is 29.6 Å². The van der Waals surface area contributed by atoms with Crippen LogP contribution >= 0.6 is 11.3 Å². The van der Waals surface area contributed by atoms with Gasteiger partial charge in [-0.3, -0.25) is 14.4 Å². The topological polar surface area (TPSA) is 109 Å². The highest BCUT2D eigenvalue weighted by Gasteiger charge is 2.22. The minimum atomic E-state index is -0.991. The maximum Gasteiger partial charge on any atom is 0.309 e. The van der Waals surface area contributed by atoms with Gasteiger partial charge in [0.05, 0.1) is 19.2 Å². The number of nitrogens with zero attached hydrogens (tertiary/aromatic N) is 2. The summed E-state index contributed by atoms with van der Waals surface area (Å²) in [6, 6.07) is 6.47. The zero-order chi connectivity index (χ0) is 20.0. The molecule has 0 radical (unpaired) electrons. The Morgan fingerprint density at radius 3 is 2.48 bits per heavy atom. The van der Waals surface area contributed by atoms with E-state index < -0.39 is 11.9 Å². The summed E-state index contributed by atoms with van der Waals surface area (Å²) in [5, 5.41) is 13.3. The van der Waals surface area contributed by atoms with E-state index >= 15 is 0 Å². The number of carbonyl (C=O) groups is 3. The van der Waals surface area contributed by atoms with Crippen LogP contribution in [-0.2, 0) is 16.0 Å². The fourth-order valence-corrected chi connectivity index (χ4v) is 3.03. The molecule has 0 saturated carbocycles. The van der Waals surface area contributed by atoms with Crippen molar-refractivity contribution in [1.82, 2.24) is 9.88 Å². The Bertz CT molecular complexity index is 817. The third-order valence-corrected chi connectivity index (χ3v) is 4.47. The van der Waals surface area contributed by atoms with Crippen LogP contribution in [-0.4, -0.2) is 52.5 Å². The van der Waals surface area contributed by atoms with Crippen LogP contribution in [0.4, 0.5) is 5.13 Å². The zero-order valence-corrected chi connectivity index (χ0v) is 16.1. The number of anilines is 1. The van der Waals surface area contributed by atoms with Gasteiger partial charge in [0.15, 0.2) is 5.13 Å². The molecule has 0 fully saturated rings. The highest BCUT2D eigenvalue weighted by atomic mass is 32.1. The number of aliphatic carboxylic acids is 1. The first-order valence-electron chi connectivity index (χ1n) is 8.21. The van der Waals surface area contributed by atoms with E-state index in [0.29, 0.717) is 22.1 Å². The number of nitrogens with one attached hydrogen (secondary N) is 1. The molecule has 0 aliphatic rings. The van der Waals surface area contributed by atoms with E-state index in [2.05, 4.69) is 10.3 Å². The van der Waals surface area contributed by atoms with E-state index in [1.165, 1.54) is 4.90 Å². The molecule has 0 unspecified atom stereocenters. The lowest BCUT2D eigenvalue weighted by Crippen LogP contribution is -2.42. The zero-order valence-electron chi connectivity index (χ0n) is 15.3. The smallest absolute Gasteiger partial charge is 0.309 e. The average molecular weight is 391 g/mol. The molecule has 1 aromatic carbocycles. The molecule has 2 N–H and O–H groups in total. The van der Waals surface area contributed by atoms with Crippen LogP contribution in [0.5, 0.6) is 5.75 Å². The molecule has 0 aliphatic heterocycles. The summed E-state index contributed by atoms with van der Waals surface area (Å²) in [4.78, 5) is 41.2. The van der Waals surface area contributed by atoms with Crippen molar-refractivity contribution in [2.45, 2.75) is 26.3 Å². The quantitative estimate of drug-likeness (QED) is 0.714. The van der Waals surface area contributed by atoms with E-state index in [9.17, 15) is 14.4 Å². The minimum absolute atomic E-state index is 0.142. The van der Waals surface area contributed by atoms with Gasteiger partial charge in [0.2, 0.25) is 5.91 Å².